The van der Waals surface area contributed by atoms with Crippen molar-refractivity contribution in [3.63, 3.8) is 0 Å². The van der Waals surface area contributed by atoms with E-state index in [9.17, 15) is 0 Å². The Hall–Kier alpha value is -2.72. The van der Waals surface area contributed by atoms with Gasteiger partial charge in [-0.05, 0) is 42.9 Å². The SMILES string of the molecule is CCCCO[C@@H](C)COc1cnc(-c2ccc(-c3ccc(CCCC)cc3)cc2)nc1. The molecule has 31 heavy (non-hydrogen) atoms. The van der Waals surface area contributed by atoms with Crippen molar-refractivity contribution >= 4 is 0 Å². The van der Waals surface area contributed by atoms with Gasteiger partial charge < -0.3 is 9.47 Å². The van der Waals surface area contributed by atoms with Crippen LogP contribution in [-0.4, -0.2) is 29.3 Å². The molecule has 0 bridgehead atoms. The van der Waals surface area contributed by atoms with Gasteiger partial charge in [0.15, 0.2) is 11.6 Å². The Kier molecular flexibility index (Phi) is 9.04. The second-order valence-corrected chi connectivity index (χ2v) is 7.97. The normalized spacial score (nSPS) is 12.0. The molecule has 0 aliphatic rings. The molecule has 1 atom stereocenters. The van der Waals surface area contributed by atoms with E-state index in [-0.39, 0.29) is 6.10 Å². The Morgan fingerprint density at radius 3 is 1.97 bits per heavy atom. The van der Waals surface area contributed by atoms with Crippen LogP contribution in [0.1, 0.15) is 52.0 Å². The number of hydrogen-bond acceptors (Lipinski definition) is 4. The highest BCUT2D eigenvalue weighted by Gasteiger charge is 2.06. The van der Waals surface area contributed by atoms with Crippen LogP contribution in [0.25, 0.3) is 22.5 Å². The number of benzene rings is 2. The van der Waals surface area contributed by atoms with E-state index in [1.807, 2.05) is 6.92 Å². The lowest BCUT2D eigenvalue weighted by molar-refractivity contribution is 0.0307. The van der Waals surface area contributed by atoms with Gasteiger partial charge in [-0.3, -0.25) is 0 Å². The van der Waals surface area contributed by atoms with E-state index in [0.717, 1.165) is 31.4 Å². The quantitative estimate of drug-likeness (QED) is 0.306. The predicted molar refractivity (Wildman–Crippen MR) is 127 cm³/mol. The number of nitrogens with zero attached hydrogens (tertiary/aromatic N) is 2. The highest BCUT2D eigenvalue weighted by atomic mass is 16.5. The average molecular weight is 419 g/mol. The van der Waals surface area contributed by atoms with Crippen LogP contribution in [0.3, 0.4) is 0 Å². The highest BCUT2D eigenvalue weighted by Crippen LogP contribution is 2.24. The molecule has 4 nitrogen and oxygen atoms in total. The van der Waals surface area contributed by atoms with Crippen molar-refractivity contribution in [2.75, 3.05) is 13.2 Å². The van der Waals surface area contributed by atoms with Gasteiger partial charge in [0.25, 0.3) is 0 Å². The Labute approximate surface area is 186 Å². The number of aromatic nitrogens is 2. The molecule has 0 aliphatic carbocycles. The summed E-state index contributed by atoms with van der Waals surface area (Å²) in [7, 11) is 0. The molecule has 0 N–H and O–H groups in total. The fraction of sp³-hybridized carbons (Fsp3) is 0.407. The second kappa shape index (κ2) is 12.2. The first kappa shape index (κ1) is 23.0. The minimum absolute atomic E-state index is 0.0551. The van der Waals surface area contributed by atoms with Crippen molar-refractivity contribution < 1.29 is 9.47 Å². The minimum Gasteiger partial charge on any atom is -0.488 e. The maximum Gasteiger partial charge on any atom is 0.159 e. The van der Waals surface area contributed by atoms with Gasteiger partial charge in [0, 0.05) is 12.2 Å². The third kappa shape index (κ3) is 7.18. The minimum atomic E-state index is 0.0551. The molecule has 1 aromatic heterocycles. The molecule has 0 saturated carbocycles. The van der Waals surface area contributed by atoms with Crippen molar-refractivity contribution in [3.05, 3.63) is 66.5 Å². The molecule has 3 aromatic rings. The first-order chi connectivity index (χ1) is 15.2. The zero-order chi connectivity index (χ0) is 21.9. The molecule has 0 aliphatic heterocycles. The average Bonchev–Trinajstić information content (AvgIpc) is 2.82. The summed E-state index contributed by atoms with van der Waals surface area (Å²) in [6.07, 6.45) is 9.33. The topological polar surface area (TPSA) is 44.2 Å². The van der Waals surface area contributed by atoms with Crippen molar-refractivity contribution in [2.45, 2.75) is 59.0 Å². The summed E-state index contributed by atoms with van der Waals surface area (Å²) in [5, 5.41) is 0. The van der Waals surface area contributed by atoms with Crippen LogP contribution >= 0.6 is 0 Å². The van der Waals surface area contributed by atoms with Crippen molar-refractivity contribution in [1.29, 1.82) is 0 Å². The molecular weight excluding hydrogens is 384 g/mol. The van der Waals surface area contributed by atoms with E-state index in [1.54, 1.807) is 12.4 Å². The van der Waals surface area contributed by atoms with Crippen LogP contribution in [0, 0.1) is 0 Å². The first-order valence-electron chi connectivity index (χ1n) is 11.5. The van der Waals surface area contributed by atoms with Crippen LogP contribution in [0.15, 0.2) is 60.9 Å². The summed E-state index contributed by atoms with van der Waals surface area (Å²) in [6, 6.07) is 17.3. The van der Waals surface area contributed by atoms with Gasteiger partial charge in [-0.1, -0.05) is 75.2 Å². The van der Waals surface area contributed by atoms with Gasteiger partial charge in [0.05, 0.1) is 18.5 Å². The van der Waals surface area contributed by atoms with Gasteiger partial charge in [-0.25, -0.2) is 9.97 Å². The third-order valence-electron chi connectivity index (χ3n) is 5.26. The summed E-state index contributed by atoms with van der Waals surface area (Å²) >= 11 is 0. The molecule has 0 saturated heterocycles. The lowest BCUT2D eigenvalue weighted by atomic mass is 10.0. The number of aryl methyl sites for hydroxylation is 1. The summed E-state index contributed by atoms with van der Waals surface area (Å²) < 4.78 is 11.5. The number of hydrogen-bond donors (Lipinski definition) is 0. The predicted octanol–water partition coefficient (Wildman–Crippen LogP) is 6.74. The molecule has 0 spiro atoms. The first-order valence-corrected chi connectivity index (χ1v) is 11.5. The molecule has 0 radical (unpaired) electrons. The summed E-state index contributed by atoms with van der Waals surface area (Å²) in [6.45, 7) is 7.67. The van der Waals surface area contributed by atoms with Gasteiger partial charge in [0.1, 0.15) is 6.61 Å². The zero-order valence-electron chi connectivity index (χ0n) is 19.0. The van der Waals surface area contributed by atoms with Crippen molar-refractivity contribution in [3.8, 4) is 28.3 Å². The van der Waals surface area contributed by atoms with E-state index in [4.69, 9.17) is 9.47 Å². The Morgan fingerprint density at radius 1 is 0.774 bits per heavy atom. The lowest BCUT2D eigenvalue weighted by Crippen LogP contribution is -2.18. The van der Waals surface area contributed by atoms with Gasteiger partial charge >= 0.3 is 0 Å². The number of unbranched alkanes of at least 4 members (excludes halogenated alkanes) is 2. The van der Waals surface area contributed by atoms with Gasteiger partial charge in [-0.2, -0.15) is 0 Å². The second-order valence-electron chi connectivity index (χ2n) is 7.97. The Bertz CT molecular complexity index is 890. The summed E-state index contributed by atoms with van der Waals surface area (Å²) in [4.78, 5) is 8.94. The van der Waals surface area contributed by atoms with Crippen LogP contribution in [0.4, 0.5) is 0 Å². The summed E-state index contributed by atoms with van der Waals surface area (Å²) in [5.74, 6) is 1.36. The highest BCUT2D eigenvalue weighted by molar-refractivity contribution is 5.67. The Balaban J connectivity index is 1.56. The van der Waals surface area contributed by atoms with E-state index >= 15 is 0 Å². The molecule has 4 heteroatoms. The largest absolute Gasteiger partial charge is 0.488 e. The molecule has 164 valence electrons. The number of rotatable bonds is 12. The smallest absolute Gasteiger partial charge is 0.159 e. The van der Waals surface area contributed by atoms with E-state index < -0.39 is 0 Å². The van der Waals surface area contributed by atoms with Gasteiger partial charge in [-0.15, -0.1) is 0 Å². The van der Waals surface area contributed by atoms with Crippen LogP contribution < -0.4 is 4.74 Å². The van der Waals surface area contributed by atoms with Crippen LogP contribution in [-0.2, 0) is 11.2 Å². The maximum atomic E-state index is 5.75. The molecule has 0 amide bonds. The maximum absolute atomic E-state index is 5.75. The fourth-order valence-electron chi connectivity index (χ4n) is 3.29. The zero-order valence-corrected chi connectivity index (χ0v) is 19.0. The summed E-state index contributed by atoms with van der Waals surface area (Å²) in [5.41, 5.74) is 4.82. The fourth-order valence-corrected chi connectivity index (χ4v) is 3.29. The third-order valence-corrected chi connectivity index (χ3v) is 5.26. The van der Waals surface area contributed by atoms with Crippen molar-refractivity contribution in [1.82, 2.24) is 9.97 Å². The van der Waals surface area contributed by atoms with E-state index in [2.05, 4.69) is 72.3 Å². The van der Waals surface area contributed by atoms with Crippen molar-refractivity contribution in [2.24, 2.45) is 0 Å². The molecule has 2 aromatic carbocycles. The molecule has 0 unspecified atom stereocenters. The molecule has 0 fully saturated rings. The van der Waals surface area contributed by atoms with E-state index in [1.165, 1.54) is 29.5 Å². The standard InChI is InChI=1S/C27H34N2O2/c1-4-6-8-22-9-11-23(12-10-22)24-13-15-25(16-14-24)27-28-18-26(19-29-27)31-20-21(3)30-17-7-5-2/h9-16,18-19,21H,4-8,17,20H2,1-3H3/t21-/m0/s1. The molecule has 3 rings (SSSR count). The van der Waals surface area contributed by atoms with E-state index in [0.29, 0.717) is 18.2 Å². The Morgan fingerprint density at radius 2 is 1.35 bits per heavy atom. The van der Waals surface area contributed by atoms with Crippen LogP contribution in [0.2, 0.25) is 0 Å². The lowest BCUT2D eigenvalue weighted by Gasteiger charge is -2.13. The van der Waals surface area contributed by atoms with Gasteiger partial charge in [0.2, 0.25) is 0 Å². The molecule has 1 heterocycles. The number of ether oxygens (including phenoxy) is 2. The van der Waals surface area contributed by atoms with Crippen LogP contribution in [0.5, 0.6) is 5.75 Å². The monoisotopic (exact) mass is 418 g/mol. The molecular formula is C27H34N2O2.